The topological polar surface area (TPSA) is 209 Å². The van der Waals surface area contributed by atoms with E-state index in [4.69, 9.17) is 23.7 Å². The Kier molecular flexibility index (Phi) is 15.1. The van der Waals surface area contributed by atoms with Gasteiger partial charge in [-0.1, -0.05) is 71.8 Å². The number of carboxylic acid groups (broad SMARTS) is 3. The van der Waals surface area contributed by atoms with E-state index < -0.39 is 83.5 Å². The van der Waals surface area contributed by atoms with Gasteiger partial charge in [-0.3, -0.25) is 19.2 Å². The molecule has 58 heavy (non-hydrogen) atoms. The molecule has 4 saturated carbocycles. The van der Waals surface area contributed by atoms with Crippen molar-refractivity contribution in [2.45, 2.75) is 124 Å². The first-order valence-electron chi connectivity index (χ1n) is 20.6. The Hall–Kier alpha value is -3.78. The molecule has 4 aliphatic rings. The molecule has 4 rings (SSSR count). The zero-order valence-corrected chi connectivity index (χ0v) is 35.5. The molecule has 3 N–H and O–H groups in total. The predicted octanol–water partition coefficient (Wildman–Crippen LogP) is 6.49. The third-order valence-corrected chi connectivity index (χ3v) is 14.9. The summed E-state index contributed by atoms with van der Waals surface area (Å²) in [5, 5.41) is 29.1. The van der Waals surface area contributed by atoms with Crippen molar-refractivity contribution < 1.29 is 67.8 Å². The van der Waals surface area contributed by atoms with Gasteiger partial charge in [0.2, 0.25) is 0 Å². The molecule has 0 radical (unpaired) electrons. The smallest absolute Gasteiger partial charge is 0.335 e. The lowest BCUT2D eigenvalue weighted by Crippen LogP contribution is -2.54. The maximum atomic E-state index is 14.1. The molecule has 326 valence electrons. The van der Waals surface area contributed by atoms with E-state index in [-0.39, 0.29) is 48.4 Å². The first-order valence-corrected chi connectivity index (χ1v) is 20.6. The molecule has 0 heterocycles. The van der Waals surface area contributed by atoms with Gasteiger partial charge in [-0.2, -0.15) is 0 Å². The Morgan fingerprint density at radius 3 is 1.59 bits per heavy atom. The Balaban J connectivity index is 1.54. The number of methoxy groups -OCH3 is 2. The van der Waals surface area contributed by atoms with E-state index in [2.05, 4.69) is 40.9 Å². The molecule has 0 aromatic heterocycles. The Labute approximate surface area is 342 Å². The minimum atomic E-state index is -1.68. The maximum Gasteiger partial charge on any atom is 0.335 e. The van der Waals surface area contributed by atoms with Crippen LogP contribution >= 0.6 is 0 Å². The molecule has 4 aliphatic carbocycles. The van der Waals surface area contributed by atoms with Crippen LogP contribution in [-0.4, -0.2) is 97.4 Å². The molecule has 14 nitrogen and oxygen atoms in total. The summed E-state index contributed by atoms with van der Waals surface area (Å²) in [6, 6.07) is 0. The Morgan fingerprint density at radius 2 is 1.10 bits per heavy atom. The van der Waals surface area contributed by atoms with E-state index in [0.717, 1.165) is 63.2 Å². The fourth-order valence-corrected chi connectivity index (χ4v) is 11.8. The summed E-state index contributed by atoms with van der Waals surface area (Å²) in [7, 11) is 2.24. The quantitative estimate of drug-likeness (QED) is 0.0768. The first-order chi connectivity index (χ1) is 27.1. The number of hydrogen-bond acceptors (Lipinski definition) is 11. The monoisotopic (exact) mass is 818 g/mol. The van der Waals surface area contributed by atoms with Gasteiger partial charge in [0.1, 0.15) is 11.8 Å². The van der Waals surface area contributed by atoms with Gasteiger partial charge in [0, 0.05) is 17.3 Å². The lowest BCUT2D eigenvalue weighted by molar-refractivity contribution is -0.181. The zero-order valence-electron chi connectivity index (χ0n) is 35.5. The van der Waals surface area contributed by atoms with Gasteiger partial charge in [0.15, 0.2) is 12.2 Å². The molecule has 14 heteroatoms. The highest BCUT2D eigenvalue weighted by molar-refractivity contribution is 5.87. The molecule has 0 spiro atoms. The first kappa shape index (κ1) is 46.9. The molecular formula is C44H66O14. The Bertz CT molecular complexity index is 1600. The number of carbonyl (C=O) groups excluding carboxylic acids is 3. The SMILES string of the molecule is C=C1CCC2C(C)(C)CCCC2(C)C1COC(C(=O)OC)C(CC(=O)O)C(=O)OCC1(C)CCCC2(C)C(COC(C(=O)OC)C(CC(=O)O)C(=O)O)C(=C)CCC12. The lowest BCUT2D eigenvalue weighted by Gasteiger charge is -2.58. The van der Waals surface area contributed by atoms with Crippen LogP contribution in [0.1, 0.15) is 112 Å². The number of hydrogen-bond donors (Lipinski definition) is 3. The fraction of sp³-hybridized carbons (Fsp3) is 0.773. The van der Waals surface area contributed by atoms with Crippen molar-refractivity contribution in [2.24, 2.45) is 57.2 Å². The van der Waals surface area contributed by atoms with Gasteiger partial charge in [-0.05, 0) is 79.4 Å². The van der Waals surface area contributed by atoms with E-state index in [0.29, 0.717) is 25.2 Å². The molecule has 0 bridgehead atoms. The highest BCUT2D eigenvalue weighted by Gasteiger charge is 2.57. The summed E-state index contributed by atoms with van der Waals surface area (Å²) in [6.07, 6.45) is 3.58. The van der Waals surface area contributed by atoms with Crippen molar-refractivity contribution in [3.8, 4) is 0 Å². The summed E-state index contributed by atoms with van der Waals surface area (Å²) in [6.45, 7) is 19.5. The van der Waals surface area contributed by atoms with Crippen LogP contribution in [0.5, 0.6) is 0 Å². The predicted molar refractivity (Wildman–Crippen MR) is 210 cm³/mol. The summed E-state index contributed by atoms with van der Waals surface area (Å²) in [5.74, 6) is -10.3. The van der Waals surface area contributed by atoms with Crippen LogP contribution in [0.2, 0.25) is 0 Å². The minimum absolute atomic E-state index is 0.0745. The van der Waals surface area contributed by atoms with Crippen LogP contribution in [-0.2, 0) is 52.5 Å². The summed E-state index contributed by atoms with van der Waals surface area (Å²) in [4.78, 5) is 75.9. The second-order valence-corrected chi connectivity index (χ2v) is 18.9. The van der Waals surface area contributed by atoms with E-state index in [1.54, 1.807) is 0 Å². The summed E-state index contributed by atoms with van der Waals surface area (Å²) in [5.41, 5.74) is 0.710. The lowest BCUT2D eigenvalue weighted by atomic mass is 9.47. The van der Waals surface area contributed by atoms with Crippen molar-refractivity contribution in [2.75, 3.05) is 34.0 Å². The molecule has 0 saturated heterocycles. The number of carbonyl (C=O) groups is 6. The fourth-order valence-electron chi connectivity index (χ4n) is 11.8. The van der Waals surface area contributed by atoms with Crippen LogP contribution in [0, 0.1) is 57.2 Å². The minimum Gasteiger partial charge on any atom is -0.481 e. The number of rotatable bonds is 18. The van der Waals surface area contributed by atoms with Crippen LogP contribution in [0.3, 0.4) is 0 Å². The van der Waals surface area contributed by atoms with E-state index >= 15 is 0 Å². The Morgan fingerprint density at radius 1 is 0.655 bits per heavy atom. The number of esters is 3. The van der Waals surface area contributed by atoms with Crippen molar-refractivity contribution in [1.82, 2.24) is 0 Å². The highest BCUT2D eigenvalue weighted by Crippen LogP contribution is 2.62. The molecule has 0 aromatic rings. The van der Waals surface area contributed by atoms with Gasteiger partial charge < -0.3 is 39.0 Å². The third kappa shape index (κ3) is 9.80. The maximum absolute atomic E-state index is 14.1. The zero-order chi connectivity index (χ0) is 43.4. The van der Waals surface area contributed by atoms with E-state index in [1.807, 2.05) is 6.92 Å². The van der Waals surface area contributed by atoms with Gasteiger partial charge >= 0.3 is 35.8 Å². The van der Waals surface area contributed by atoms with Gasteiger partial charge in [-0.15, -0.1) is 0 Å². The molecular weight excluding hydrogens is 752 g/mol. The number of fused-ring (bicyclic) bond motifs is 2. The third-order valence-electron chi connectivity index (χ3n) is 14.9. The van der Waals surface area contributed by atoms with Gasteiger partial charge in [-0.25, -0.2) is 9.59 Å². The molecule has 0 aromatic carbocycles. The number of aliphatic carboxylic acids is 3. The number of carboxylic acids is 3. The highest BCUT2D eigenvalue weighted by atomic mass is 16.6. The average molecular weight is 819 g/mol. The van der Waals surface area contributed by atoms with Crippen molar-refractivity contribution in [3.63, 3.8) is 0 Å². The van der Waals surface area contributed by atoms with E-state index in [9.17, 15) is 44.1 Å². The molecule has 11 unspecified atom stereocenters. The molecule has 11 atom stereocenters. The van der Waals surface area contributed by atoms with Gasteiger partial charge in [0.05, 0.1) is 46.9 Å². The second-order valence-electron chi connectivity index (χ2n) is 18.9. The molecule has 4 fully saturated rings. The van der Waals surface area contributed by atoms with Crippen LogP contribution < -0.4 is 0 Å². The molecule has 0 aliphatic heterocycles. The van der Waals surface area contributed by atoms with Crippen molar-refractivity contribution >= 4 is 35.8 Å². The average Bonchev–Trinajstić information content (AvgIpc) is 3.13. The summed E-state index contributed by atoms with van der Waals surface area (Å²) >= 11 is 0. The number of ether oxygens (including phenoxy) is 5. The normalized spacial score (nSPS) is 32.6. The molecule has 0 amide bonds. The second kappa shape index (κ2) is 18.6. The van der Waals surface area contributed by atoms with Crippen molar-refractivity contribution in [1.29, 1.82) is 0 Å². The largest absolute Gasteiger partial charge is 0.481 e. The van der Waals surface area contributed by atoms with E-state index in [1.165, 1.54) is 7.11 Å². The van der Waals surface area contributed by atoms with Crippen molar-refractivity contribution in [3.05, 3.63) is 24.3 Å². The van der Waals surface area contributed by atoms with Crippen LogP contribution in [0.25, 0.3) is 0 Å². The van der Waals surface area contributed by atoms with Crippen LogP contribution in [0.15, 0.2) is 24.3 Å². The van der Waals surface area contributed by atoms with Gasteiger partial charge in [0.25, 0.3) is 0 Å². The standard InChI is InChI=1S/C44H66O14/c1-25-12-14-31-41(3,4)16-10-18-43(31,6)29(25)22-57-36(40(53)55-9)28(21-34(47)48)38(51)58-24-42(5)17-11-19-44(7)30(26(2)13-15-32(42)44)23-56-35(39(52)54-8)27(37(49)50)20-33(45)46/h27-32,35-36H,1-2,10-24H2,3-9H3,(H,45,46)(H,47,48)(H,49,50). The summed E-state index contributed by atoms with van der Waals surface area (Å²) < 4.78 is 28.2. The van der Waals surface area contributed by atoms with Crippen LogP contribution in [0.4, 0.5) is 0 Å².